The molecule has 2 aliphatic carbocycles. The molecular weight excluding hydrogens is 200 g/mol. The monoisotopic (exact) mass is 226 g/mol. The van der Waals surface area contributed by atoms with E-state index in [1.165, 1.54) is 44.9 Å². The number of rotatable bonds is 4. The fourth-order valence-electron chi connectivity index (χ4n) is 3.31. The maximum atomic E-state index is 10.4. The van der Waals surface area contributed by atoms with Gasteiger partial charge in [-0.2, -0.15) is 0 Å². The fraction of sp³-hybridized carbons (Fsp3) is 1.00. The third-order valence-corrected chi connectivity index (χ3v) is 4.72. The Morgan fingerprint density at radius 2 is 1.75 bits per heavy atom. The first-order valence-electron chi connectivity index (χ1n) is 6.99. The van der Waals surface area contributed by atoms with E-state index in [0.717, 1.165) is 19.3 Å². The average Bonchev–Trinajstić information content (AvgIpc) is 2.51. The van der Waals surface area contributed by atoms with Crippen LogP contribution < -0.4 is 0 Å². The standard InChI is InChI=1S/C14H26O2/c1-16-14(9-6-10-14)11-13(15)12-7-4-2-3-5-8-12/h12-13,15H,2-11H2,1H3. The van der Waals surface area contributed by atoms with Crippen LogP contribution in [0.3, 0.4) is 0 Å². The van der Waals surface area contributed by atoms with Crippen LogP contribution in [0.15, 0.2) is 0 Å². The lowest BCUT2D eigenvalue weighted by Gasteiger charge is -2.43. The van der Waals surface area contributed by atoms with Crippen LogP contribution in [0.2, 0.25) is 0 Å². The second kappa shape index (κ2) is 5.50. The van der Waals surface area contributed by atoms with E-state index in [1.54, 1.807) is 7.11 Å². The summed E-state index contributed by atoms with van der Waals surface area (Å²) in [5.41, 5.74) is 0.0335. The zero-order valence-electron chi connectivity index (χ0n) is 10.6. The number of ether oxygens (including phenoxy) is 1. The Bertz CT molecular complexity index is 197. The number of methoxy groups -OCH3 is 1. The molecule has 0 heterocycles. The molecule has 2 saturated carbocycles. The molecule has 0 aliphatic heterocycles. The molecule has 1 N–H and O–H groups in total. The molecule has 0 radical (unpaired) electrons. The molecule has 16 heavy (non-hydrogen) atoms. The third-order valence-electron chi connectivity index (χ3n) is 4.72. The normalized spacial score (nSPS) is 28.1. The van der Waals surface area contributed by atoms with Crippen LogP contribution in [0.25, 0.3) is 0 Å². The fourth-order valence-corrected chi connectivity index (χ4v) is 3.31. The van der Waals surface area contributed by atoms with Gasteiger partial charge in [-0.05, 0) is 38.0 Å². The first kappa shape index (κ1) is 12.4. The average molecular weight is 226 g/mol. The van der Waals surface area contributed by atoms with Crippen LogP contribution in [-0.4, -0.2) is 23.9 Å². The molecule has 0 bridgehead atoms. The second-order valence-electron chi connectivity index (χ2n) is 5.76. The van der Waals surface area contributed by atoms with E-state index in [1.807, 2.05) is 0 Å². The van der Waals surface area contributed by atoms with Gasteiger partial charge in [0.05, 0.1) is 11.7 Å². The van der Waals surface area contributed by atoms with Gasteiger partial charge in [0.25, 0.3) is 0 Å². The Hall–Kier alpha value is -0.0800. The highest BCUT2D eigenvalue weighted by Gasteiger charge is 2.40. The Morgan fingerprint density at radius 1 is 1.12 bits per heavy atom. The summed E-state index contributed by atoms with van der Waals surface area (Å²) in [5, 5.41) is 10.4. The number of aliphatic hydroxyl groups is 1. The van der Waals surface area contributed by atoms with Crippen molar-refractivity contribution in [3.05, 3.63) is 0 Å². The minimum Gasteiger partial charge on any atom is -0.393 e. The van der Waals surface area contributed by atoms with Gasteiger partial charge in [0.2, 0.25) is 0 Å². The lowest BCUT2D eigenvalue weighted by Crippen LogP contribution is -2.43. The van der Waals surface area contributed by atoms with Gasteiger partial charge in [0, 0.05) is 13.5 Å². The molecule has 0 aromatic rings. The van der Waals surface area contributed by atoms with Gasteiger partial charge in [-0.3, -0.25) is 0 Å². The molecule has 1 unspecified atom stereocenters. The summed E-state index contributed by atoms with van der Waals surface area (Å²) in [6, 6.07) is 0. The summed E-state index contributed by atoms with van der Waals surface area (Å²) in [6.45, 7) is 0. The SMILES string of the molecule is COC1(CC(O)C2CCCCCC2)CCC1. The Balaban J connectivity index is 1.83. The first-order chi connectivity index (χ1) is 7.76. The van der Waals surface area contributed by atoms with Crippen LogP contribution in [0, 0.1) is 5.92 Å². The van der Waals surface area contributed by atoms with Crippen molar-refractivity contribution in [2.45, 2.75) is 75.9 Å². The molecule has 1 atom stereocenters. The van der Waals surface area contributed by atoms with Crippen LogP contribution in [0.1, 0.15) is 64.2 Å². The summed E-state index contributed by atoms with van der Waals surface area (Å²) in [6.07, 6.45) is 12.1. The highest BCUT2D eigenvalue weighted by molar-refractivity contribution is 4.92. The number of hydrogen-bond acceptors (Lipinski definition) is 2. The van der Waals surface area contributed by atoms with Crippen molar-refractivity contribution in [2.24, 2.45) is 5.92 Å². The highest BCUT2D eigenvalue weighted by Crippen LogP contribution is 2.41. The molecule has 0 amide bonds. The lowest BCUT2D eigenvalue weighted by molar-refractivity contribution is -0.108. The molecule has 0 aromatic heterocycles. The van der Waals surface area contributed by atoms with Crippen molar-refractivity contribution < 1.29 is 9.84 Å². The van der Waals surface area contributed by atoms with E-state index in [0.29, 0.717) is 5.92 Å². The van der Waals surface area contributed by atoms with E-state index in [9.17, 15) is 5.11 Å². The molecule has 2 heteroatoms. The number of hydrogen-bond donors (Lipinski definition) is 1. The van der Waals surface area contributed by atoms with E-state index >= 15 is 0 Å². The quantitative estimate of drug-likeness (QED) is 0.745. The summed E-state index contributed by atoms with van der Waals surface area (Å²) >= 11 is 0. The van der Waals surface area contributed by atoms with Crippen molar-refractivity contribution in [3.8, 4) is 0 Å². The van der Waals surface area contributed by atoms with Gasteiger partial charge in [-0.25, -0.2) is 0 Å². The zero-order valence-corrected chi connectivity index (χ0v) is 10.6. The van der Waals surface area contributed by atoms with Crippen molar-refractivity contribution in [2.75, 3.05) is 7.11 Å². The van der Waals surface area contributed by atoms with E-state index in [2.05, 4.69) is 0 Å². The predicted molar refractivity (Wildman–Crippen MR) is 65.4 cm³/mol. The molecule has 2 fully saturated rings. The topological polar surface area (TPSA) is 29.5 Å². The van der Waals surface area contributed by atoms with Crippen LogP contribution >= 0.6 is 0 Å². The van der Waals surface area contributed by atoms with Gasteiger partial charge < -0.3 is 9.84 Å². The summed E-state index contributed by atoms with van der Waals surface area (Å²) < 4.78 is 5.61. The minimum atomic E-state index is -0.127. The summed E-state index contributed by atoms with van der Waals surface area (Å²) in [4.78, 5) is 0. The molecule has 0 aromatic carbocycles. The van der Waals surface area contributed by atoms with Crippen LogP contribution in [0.5, 0.6) is 0 Å². The maximum absolute atomic E-state index is 10.4. The Labute approximate surface area is 99.4 Å². The van der Waals surface area contributed by atoms with Crippen LogP contribution in [0.4, 0.5) is 0 Å². The smallest absolute Gasteiger partial charge is 0.0703 e. The van der Waals surface area contributed by atoms with Crippen molar-refractivity contribution >= 4 is 0 Å². The largest absolute Gasteiger partial charge is 0.393 e. The minimum absolute atomic E-state index is 0.0335. The Morgan fingerprint density at radius 3 is 2.19 bits per heavy atom. The van der Waals surface area contributed by atoms with E-state index < -0.39 is 0 Å². The third kappa shape index (κ3) is 2.78. The van der Waals surface area contributed by atoms with Crippen LogP contribution in [-0.2, 0) is 4.74 Å². The van der Waals surface area contributed by atoms with Crippen molar-refractivity contribution in [1.82, 2.24) is 0 Å². The summed E-state index contributed by atoms with van der Waals surface area (Å²) in [7, 11) is 1.80. The summed E-state index contributed by atoms with van der Waals surface area (Å²) in [5.74, 6) is 0.537. The highest BCUT2D eigenvalue weighted by atomic mass is 16.5. The molecule has 0 spiro atoms. The van der Waals surface area contributed by atoms with Crippen molar-refractivity contribution in [1.29, 1.82) is 0 Å². The second-order valence-corrected chi connectivity index (χ2v) is 5.76. The molecule has 2 nitrogen and oxygen atoms in total. The van der Waals surface area contributed by atoms with Gasteiger partial charge in [-0.1, -0.05) is 25.7 Å². The molecule has 2 rings (SSSR count). The first-order valence-corrected chi connectivity index (χ1v) is 6.99. The van der Waals surface area contributed by atoms with Gasteiger partial charge >= 0.3 is 0 Å². The van der Waals surface area contributed by atoms with Gasteiger partial charge in [-0.15, -0.1) is 0 Å². The number of aliphatic hydroxyl groups excluding tert-OH is 1. The lowest BCUT2D eigenvalue weighted by atomic mass is 9.73. The predicted octanol–water partition coefficient (Wildman–Crippen LogP) is 3.28. The Kier molecular flexibility index (Phi) is 4.26. The molecule has 0 saturated heterocycles. The maximum Gasteiger partial charge on any atom is 0.0703 e. The van der Waals surface area contributed by atoms with E-state index in [4.69, 9.17) is 4.74 Å². The zero-order chi connectivity index (χ0) is 11.4. The molecule has 94 valence electrons. The van der Waals surface area contributed by atoms with Gasteiger partial charge in [0.15, 0.2) is 0 Å². The molecule has 2 aliphatic rings. The van der Waals surface area contributed by atoms with Crippen molar-refractivity contribution in [3.63, 3.8) is 0 Å². The van der Waals surface area contributed by atoms with Gasteiger partial charge in [0.1, 0.15) is 0 Å². The van der Waals surface area contributed by atoms with E-state index in [-0.39, 0.29) is 11.7 Å². The molecular formula is C14H26O2.